The second-order valence-corrected chi connectivity index (χ2v) is 36.3. The molecule has 780 valence electrons. The van der Waals surface area contributed by atoms with Crippen molar-refractivity contribution in [2.75, 3.05) is 26.6 Å². The highest BCUT2D eigenvalue weighted by Gasteiger charge is 2.49. The largest absolute Gasteiger partial charge is 0.586 e. The van der Waals surface area contributed by atoms with Crippen molar-refractivity contribution in [2.45, 2.75) is 152 Å². The van der Waals surface area contributed by atoms with Gasteiger partial charge in [0.05, 0.1) is 61.9 Å². The van der Waals surface area contributed by atoms with Gasteiger partial charge < -0.3 is 96.3 Å². The van der Waals surface area contributed by atoms with Crippen molar-refractivity contribution < 1.29 is 155 Å². The van der Waals surface area contributed by atoms with Crippen LogP contribution in [0.4, 0.5) is 89.9 Å². The van der Waals surface area contributed by atoms with Crippen molar-refractivity contribution in [2.24, 2.45) is 0 Å². The first kappa shape index (κ1) is 106. The molecule has 0 aliphatic carbocycles. The predicted octanol–water partition coefficient (Wildman–Crippen LogP) is 30.8. The molecule has 0 saturated carbocycles. The first-order valence-electron chi connectivity index (χ1n) is 45.1. The average molecular weight is 2150 g/mol. The van der Waals surface area contributed by atoms with Gasteiger partial charge in [0.1, 0.15) is 28.4 Å². The minimum atomic E-state index is -3.76. The number of nitrogens with one attached hydrogen (secondary N) is 5. The van der Waals surface area contributed by atoms with Crippen molar-refractivity contribution in [3.05, 3.63) is 312 Å². The Balaban J connectivity index is 0.000000133. The molecule has 0 fully saturated rings. The van der Waals surface area contributed by atoms with Gasteiger partial charge in [-0.1, -0.05) is 147 Å². The van der Waals surface area contributed by atoms with Gasteiger partial charge in [0.2, 0.25) is 0 Å². The molecule has 15 aromatic rings. The Morgan fingerprint density at radius 1 is 0.267 bits per heavy atom. The summed E-state index contributed by atoms with van der Waals surface area (Å²) in [5, 5.41) is 22.1. The molecule has 0 radical (unpaired) electrons. The molecule has 150 heavy (non-hydrogen) atoms. The number of alkyl halides is 14. The lowest BCUT2D eigenvalue weighted by Crippen LogP contribution is -2.25. The van der Waals surface area contributed by atoms with E-state index >= 15 is 0 Å². The van der Waals surface area contributed by atoms with E-state index in [1.807, 2.05) is 48.5 Å². The number of benzene rings is 10. The monoisotopic (exact) mass is 2140 g/mol. The van der Waals surface area contributed by atoms with Crippen LogP contribution >= 0.6 is 34.8 Å². The van der Waals surface area contributed by atoms with Gasteiger partial charge in [-0.2, -0.15) is 0 Å². The van der Waals surface area contributed by atoms with Crippen LogP contribution in [0, 0.1) is 48.5 Å². The molecule has 0 atom stereocenters. The number of hydrogen-bond acceptors (Lipinski definition) is 22. The number of anilines is 5. The number of furan rings is 3. The van der Waals surface area contributed by atoms with Gasteiger partial charge >= 0.3 is 31.5 Å². The van der Waals surface area contributed by atoms with Crippen LogP contribution in [-0.4, -0.2) is 71.3 Å². The Morgan fingerprint density at radius 2 is 0.467 bits per heavy atom. The number of nitrogens with zero attached hydrogens (tertiary/aromatic N) is 2. The fourth-order valence-corrected chi connectivity index (χ4v) is 16.9. The van der Waals surface area contributed by atoms with Crippen LogP contribution in [-0.2, 0) is 0 Å². The van der Waals surface area contributed by atoms with Crippen LogP contribution in [0.3, 0.4) is 0 Å². The average Bonchev–Trinajstić information content (AvgIpc) is 1.64. The molecule has 44 heteroatoms. The van der Waals surface area contributed by atoms with Crippen LogP contribution in [0.5, 0.6) is 57.5 Å². The van der Waals surface area contributed by atoms with E-state index in [2.05, 4.69) is 84.3 Å². The molecule has 5 aromatic heterocycles. The van der Waals surface area contributed by atoms with Gasteiger partial charge in [0.15, 0.2) is 69.0 Å². The summed E-state index contributed by atoms with van der Waals surface area (Å²) in [7, 11) is 0. The highest BCUT2D eigenvalue weighted by atomic mass is 35.5. The Labute approximate surface area is 857 Å². The molecule has 5 aliphatic heterocycles. The van der Waals surface area contributed by atoms with Gasteiger partial charge in [0, 0.05) is 85.9 Å². The van der Waals surface area contributed by atoms with Crippen LogP contribution < -0.4 is 74.0 Å². The van der Waals surface area contributed by atoms with Gasteiger partial charge in [-0.05, 0) is 214 Å². The Hall–Kier alpha value is -16.3. The fourth-order valence-electron chi connectivity index (χ4n) is 16.2. The van der Waals surface area contributed by atoms with Crippen molar-refractivity contribution in [3.63, 3.8) is 0 Å². The second kappa shape index (κ2) is 42.1. The maximum Gasteiger partial charge on any atom is 0.586 e. The summed E-state index contributed by atoms with van der Waals surface area (Å²) in [6.45, 7) is 23.3. The molecule has 0 bridgehead atoms. The lowest BCUT2D eigenvalue weighted by Gasteiger charge is -2.10. The molecule has 27 nitrogen and oxygen atoms in total. The SMILES string of the molecule is Cc1cc2c(cc1-c1ccc(NC(=O)c3c(C(C)C)noc3C)cc1)OC(F)(F)O2.Cc1cc2c(cc1-c1ccc(NC(=O)c3c(C)coc3C(F)F)cc1)OC(F)(F)O2.Cc1coc(C(C)C)c1C(=O)Nc1ccc(-c2cc3c(cc2Cl)OC(F)(F)O3)cc1.Cc1coc(C(F)F)c1C(=O)Nc1ccc(-c2cc3c(cc2Cl)OC(F)(F)O3)cc1.Cc1onc(C(C)C)c1C(=O)Nc1ccc(-c2cc3c(cc2Cl)OC(F)(F)O3)cc1. The number of ether oxygens (including phenoxy) is 10. The number of halogens is 17. The van der Waals surface area contributed by atoms with Crippen LogP contribution in [0.15, 0.2) is 223 Å². The number of fused-ring (bicyclic) bond motifs is 5. The maximum absolute atomic E-state index is 13.3. The summed E-state index contributed by atoms with van der Waals surface area (Å²) in [6, 6.07) is 47.2. The van der Waals surface area contributed by atoms with Gasteiger partial charge in [-0.15, -0.1) is 43.9 Å². The summed E-state index contributed by atoms with van der Waals surface area (Å²) >= 11 is 18.6. The third kappa shape index (κ3) is 23.6. The number of carbonyl (C=O) groups is 5. The van der Waals surface area contributed by atoms with E-state index in [0.29, 0.717) is 129 Å². The third-order valence-corrected chi connectivity index (χ3v) is 24.1. The minimum absolute atomic E-state index is 0.00943. The number of hydrogen-bond donors (Lipinski definition) is 5. The van der Waals surface area contributed by atoms with Crippen LogP contribution in [0.1, 0.15) is 192 Å². The quantitative estimate of drug-likeness (QED) is 0.0443. The number of aryl methyl sites for hydroxylation is 7. The normalized spacial score (nSPS) is 14.2. The first-order chi connectivity index (χ1) is 70.7. The predicted molar refractivity (Wildman–Crippen MR) is 520 cm³/mol. The lowest BCUT2D eigenvalue weighted by atomic mass is 9.99. The van der Waals surface area contributed by atoms with E-state index in [1.54, 1.807) is 143 Å². The Bertz CT molecular complexity index is 6670. The van der Waals surface area contributed by atoms with E-state index in [1.165, 1.54) is 86.6 Å². The van der Waals surface area contributed by atoms with Crippen molar-refractivity contribution in [1.29, 1.82) is 0 Å². The molecule has 20 rings (SSSR count). The van der Waals surface area contributed by atoms with Gasteiger partial charge in [0.25, 0.3) is 42.4 Å². The van der Waals surface area contributed by atoms with Crippen LogP contribution in [0.25, 0.3) is 55.6 Å². The van der Waals surface area contributed by atoms with E-state index in [0.717, 1.165) is 34.8 Å². The number of amides is 5. The molecule has 0 spiro atoms. The molecule has 10 heterocycles. The third-order valence-electron chi connectivity index (χ3n) is 23.2. The topological polar surface area (TPSA) is 329 Å². The summed E-state index contributed by atoms with van der Waals surface area (Å²) < 4.78 is 255. The maximum atomic E-state index is 13.3. The second-order valence-electron chi connectivity index (χ2n) is 35.1. The first-order valence-corrected chi connectivity index (χ1v) is 46.3. The van der Waals surface area contributed by atoms with Crippen molar-refractivity contribution >= 4 is 92.8 Å². The van der Waals surface area contributed by atoms with E-state index in [9.17, 15) is 85.4 Å². The molecule has 0 saturated heterocycles. The highest BCUT2D eigenvalue weighted by molar-refractivity contribution is 6.34. The van der Waals surface area contributed by atoms with Gasteiger partial charge in [-0.3, -0.25) is 24.0 Å². The zero-order chi connectivity index (χ0) is 108. The fraction of sp³-hybridized carbons (Fsp3) is 0.217. The molecular formula is C106H82Cl3F14N7O20. The summed E-state index contributed by atoms with van der Waals surface area (Å²) in [5.41, 5.74) is 13.4. The molecule has 10 aromatic carbocycles. The molecule has 5 N–H and O–H groups in total. The van der Waals surface area contributed by atoms with Crippen molar-refractivity contribution in [3.8, 4) is 113 Å². The molecular weight excluding hydrogens is 2060 g/mol. The summed E-state index contributed by atoms with van der Waals surface area (Å²) in [4.78, 5) is 62.9. The van der Waals surface area contributed by atoms with Crippen molar-refractivity contribution in [1.82, 2.24) is 10.3 Å². The smallest absolute Gasteiger partial charge is 0.468 e. The standard InChI is InChI=1S/C22H18ClF2NO4.C22H20F2N2O4.C21H17ClF2N2O4.C21H15F4NO4.C20H12ClF4NO4/c1-11(2)20-19(12(3)10-28-20)21(27)26-14-6-4-13(5-7-14)15-8-17-18(9-16(15)23)30-22(24,25)29-17;1-11(2)20-19(13(4)30-26-20)21(27)25-15-7-5-14(6-8-15)16-10-18-17(9-12(16)3)28-22(23,24)29-18;1-10(2)19-18(11(3)30-26-19)20(27)25-13-6-4-12(5-7-13)14-8-16-17(9-15(14)22)29-21(23,24)28-16;1-10-7-15-16(30-21(24,25)29-15)8-14(10)12-3-5-13(6-4-12)26-20(27)17-11(2)9-28-18(17)19(22)23;1-9-8-28-17(18(22)23)16(9)19(27)26-11-4-2-10(3-5-11)12-6-14-15(7-13(12)21)30-20(24,25)29-14/h4-11H,1-3H3,(H,26,27);5-11H,1-4H3,(H,25,27);4-10H,1-3H3,(H,25,27);3-9,19H,1-2H3,(H,26,27);2-8,18H,1H3,(H,26,27). The Kier molecular flexibility index (Phi) is 29.9. The minimum Gasteiger partial charge on any atom is -0.468 e. The zero-order valence-electron chi connectivity index (χ0n) is 80.4. The summed E-state index contributed by atoms with van der Waals surface area (Å²) in [6.07, 6.45) is -20.6. The Morgan fingerprint density at radius 3 is 0.693 bits per heavy atom. The lowest BCUT2D eigenvalue weighted by molar-refractivity contribution is -0.287. The van der Waals surface area contributed by atoms with E-state index < -0.39 is 67.7 Å². The van der Waals surface area contributed by atoms with Crippen LogP contribution in [0.2, 0.25) is 15.1 Å². The van der Waals surface area contributed by atoms with E-state index in [4.69, 9.17) is 57.1 Å². The summed E-state index contributed by atoms with van der Waals surface area (Å²) in [5.74, 6) is -2.94. The van der Waals surface area contributed by atoms with E-state index in [-0.39, 0.29) is 125 Å². The zero-order valence-corrected chi connectivity index (χ0v) is 82.7. The number of carbonyl (C=O) groups excluding carboxylic acids is 5. The molecule has 5 aliphatic rings. The molecule has 5 amide bonds. The number of rotatable bonds is 20. The van der Waals surface area contributed by atoms with Gasteiger partial charge in [-0.25, -0.2) is 17.6 Å². The highest BCUT2D eigenvalue weighted by Crippen LogP contribution is 2.53. The molecule has 0 unspecified atom stereocenters. The number of aromatic nitrogens is 2.